The lowest BCUT2D eigenvalue weighted by atomic mass is 10.0. The number of nitrogens with zero attached hydrogens (tertiary/aromatic N) is 4. The first-order chi connectivity index (χ1) is 11.3. The molecule has 0 bridgehead atoms. The van der Waals surface area contributed by atoms with Gasteiger partial charge in [0.25, 0.3) is 0 Å². The number of rotatable bonds is 2. The molecule has 23 heavy (non-hydrogen) atoms. The van der Waals surface area contributed by atoms with E-state index in [4.69, 9.17) is 0 Å². The zero-order valence-electron chi connectivity index (χ0n) is 12.4. The van der Waals surface area contributed by atoms with Crippen LogP contribution in [0.15, 0.2) is 47.4 Å². The van der Waals surface area contributed by atoms with Crippen LogP contribution >= 0.6 is 0 Å². The Hall–Kier alpha value is -3.22. The molecule has 3 aromatic rings. The van der Waals surface area contributed by atoms with Gasteiger partial charge in [0.05, 0.1) is 17.6 Å². The average molecular weight is 306 g/mol. The summed E-state index contributed by atoms with van der Waals surface area (Å²) in [6, 6.07) is 11.8. The van der Waals surface area contributed by atoms with Crippen molar-refractivity contribution in [2.45, 2.75) is 13.3 Å². The number of fused-ring (bicyclic) bond motifs is 3. The zero-order chi connectivity index (χ0) is 15.8. The Bertz CT molecular complexity index is 935. The van der Waals surface area contributed by atoms with Gasteiger partial charge in [-0.3, -0.25) is 15.6 Å². The van der Waals surface area contributed by atoms with Crippen LogP contribution in [0.25, 0.3) is 16.8 Å². The standard InChI is InChI=1S/C16H14N6O/c1-2-11-13(10-6-4-3-5-7-10)15-19-18-14-12(22(15)21-11)8-9-17-20-16(14)23/h3-9,18-19H,2H2,1H3. The van der Waals surface area contributed by atoms with Crippen LogP contribution in [-0.4, -0.2) is 20.0 Å². The van der Waals surface area contributed by atoms with Crippen molar-refractivity contribution in [3.8, 4) is 16.8 Å². The number of anilines is 2. The van der Waals surface area contributed by atoms with E-state index in [9.17, 15) is 4.79 Å². The van der Waals surface area contributed by atoms with E-state index in [1.807, 2.05) is 30.3 Å². The second-order valence-electron chi connectivity index (χ2n) is 5.15. The second-order valence-corrected chi connectivity index (χ2v) is 5.15. The van der Waals surface area contributed by atoms with Gasteiger partial charge < -0.3 is 0 Å². The van der Waals surface area contributed by atoms with Crippen molar-refractivity contribution in [2.75, 3.05) is 10.9 Å². The molecule has 0 saturated carbocycles. The Morgan fingerprint density at radius 3 is 2.74 bits per heavy atom. The molecule has 0 spiro atoms. The van der Waals surface area contributed by atoms with E-state index in [1.165, 1.54) is 6.20 Å². The monoisotopic (exact) mass is 306 g/mol. The van der Waals surface area contributed by atoms with Gasteiger partial charge in [-0.1, -0.05) is 37.3 Å². The predicted octanol–water partition coefficient (Wildman–Crippen LogP) is 2.00. The number of hydrazine groups is 1. The molecule has 1 aliphatic rings. The molecular weight excluding hydrogens is 292 g/mol. The Balaban J connectivity index is 2.02. The molecule has 4 rings (SSSR count). The molecule has 1 aliphatic heterocycles. The second kappa shape index (κ2) is 5.20. The van der Waals surface area contributed by atoms with E-state index in [2.05, 4.69) is 33.1 Å². The van der Waals surface area contributed by atoms with Crippen molar-refractivity contribution in [3.63, 3.8) is 0 Å². The summed E-state index contributed by atoms with van der Waals surface area (Å²) in [4.78, 5) is 12.0. The number of nitrogens with one attached hydrogen (secondary N) is 2. The fourth-order valence-corrected chi connectivity index (χ4v) is 2.76. The molecule has 0 atom stereocenters. The van der Waals surface area contributed by atoms with Crippen molar-refractivity contribution in [2.24, 2.45) is 0 Å². The highest BCUT2D eigenvalue weighted by molar-refractivity contribution is 5.83. The van der Waals surface area contributed by atoms with E-state index in [1.54, 1.807) is 10.7 Å². The summed E-state index contributed by atoms with van der Waals surface area (Å²) in [5, 5.41) is 12.0. The highest BCUT2D eigenvalue weighted by Gasteiger charge is 2.25. The largest absolute Gasteiger partial charge is 0.315 e. The SMILES string of the molecule is CCc1nn2c(c1-c1ccccc1)NNc1c-2ccnnc1=O. The molecule has 0 aliphatic carbocycles. The van der Waals surface area contributed by atoms with Crippen LogP contribution in [0.4, 0.5) is 11.5 Å². The topological polar surface area (TPSA) is 84.7 Å². The van der Waals surface area contributed by atoms with Gasteiger partial charge in [0.1, 0.15) is 5.69 Å². The van der Waals surface area contributed by atoms with Gasteiger partial charge >= 0.3 is 5.56 Å². The number of aryl methyl sites for hydroxylation is 1. The molecule has 7 nitrogen and oxygen atoms in total. The molecule has 0 unspecified atom stereocenters. The molecule has 7 heteroatoms. The third kappa shape index (κ3) is 2.05. The minimum absolute atomic E-state index is 0.333. The zero-order valence-corrected chi connectivity index (χ0v) is 12.4. The summed E-state index contributed by atoms with van der Waals surface area (Å²) in [6.45, 7) is 2.06. The van der Waals surface area contributed by atoms with Gasteiger partial charge in [0.15, 0.2) is 5.82 Å². The number of hydrogen-bond donors (Lipinski definition) is 2. The Morgan fingerprint density at radius 2 is 1.96 bits per heavy atom. The fraction of sp³-hybridized carbons (Fsp3) is 0.125. The fourth-order valence-electron chi connectivity index (χ4n) is 2.76. The molecule has 2 N–H and O–H groups in total. The highest BCUT2D eigenvalue weighted by atomic mass is 16.1. The maximum atomic E-state index is 12.0. The first-order valence-corrected chi connectivity index (χ1v) is 7.35. The highest BCUT2D eigenvalue weighted by Crippen LogP contribution is 2.36. The summed E-state index contributed by atoms with van der Waals surface area (Å²) in [6.07, 6.45) is 2.27. The summed E-state index contributed by atoms with van der Waals surface area (Å²) < 4.78 is 1.73. The first-order valence-electron chi connectivity index (χ1n) is 7.35. The van der Waals surface area contributed by atoms with E-state index in [-0.39, 0.29) is 0 Å². The predicted molar refractivity (Wildman–Crippen MR) is 87.5 cm³/mol. The molecule has 0 saturated heterocycles. The van der Waals surface area contributed by atoms with Crippen LogP contribution in [0, 0.1) is 0 Å². The maximum Gasteiger partial charge on any atom is 0.315 e. The van der Waals surface area contributed by atoms with Crippen molar-refractivity contribution in [1.82, 2.24) is 20.0 Å². The summed E-state index contributed by atoms with van der Waals surface area (Å²) in [5.74, 6) is 0.797. The molecule has 1 aromatic carbocycles. The van der Waals surface area contributed by atoms with Crippen molar-refractivity contribution in [1.29, 1.82) is 0 Å². The Morgan fingerprint density at radius 1 is 1.13 bits per heavy atom. The smallest absolute Gasteiger partial charge is 0.292 e. The van der Waals surface area contributed by atoms with Crippen LogP contribution in [0.2, 0.25) is 0 Å². The quantitative estimate of drug-likeness (QED) is 0.753. The molecule has 3 heterocycles. The molecule has 0 amide bonds. The van der Waals surface area contributed by atoms with Crippen molar-refractivity contribution < 1.29 is 0 Å². The summed E-state index contributed by atoms with van der Waals surface area (Å²) >= 11 is 0. The third-order valence-electron chi connectivity index (χ3n) is 3.81. The summed E-state index contributed by atoms with van der Waals surface area (Å²) in [5.41, 5.74) is 9.58. The van der Waals surface area contributed by atoms with E-state index >= 15 is 0 Å². The van der Waals surface area contributed by atoms with Gasteiger partial charge in [-0.2, -0.15) is 10.2 Å². The molecule has 114 valence electrons. The van der Waals surface area contributed by atoms with Crippen molar-refractivity contribution >= 4 is 11.5 Å². The number of hydrogen-bond acceptors (Lipinski definition) is 6. The normalized spacial score (nSPS) is 11.9. The lowest BCUT2D eigenvalue weighted by Gasteiger charge is -2.19. The van der Waals surface area contributed by atoms with E-state index in [0.29, 0.717) is 11.4 Å². The van der Waals surface area contributed by atoms with E-state index in [0.717, 1.165) is 29.1 Å². The molecule has 2 aromatic heterocycles. The van der Waals surface area contributed by atoms with Gasteiger partial charge in [-0.15, -0.1) is 5.10 Å². The third-order valence-corrected chi connectivity index (χ3v) is 3.81. The lowest BCUT2D eigenvalue weighted by molar-refractivity contribution is 0.836. The maximum absolute atomic E-state index is 12.0. The minimum atomic E-state index is -0.432. The minimum Gasteiger partial charge on any atom is -0.292 e. The number of benzene rings is 1. The van der Waals surface area contributed by atoms with Crippen LogP contribution in [0.5, 0.6) is 0 Å². The molecule has 0 fully saturated rings. The van der Waals surface area contributed by atoms with Gasteiger partial charge in [-0.25, -0.2) is 4.68 Å². The summed E-state index contributed by atoms with van der Waals surface area (Å²) in [7, 11) is 0. The average Bonchev–Trinajstić information content (AvgIpc) is 2.87. The van der Waals surface area contributed by atoms with E-state index < -0.39 is 5.56 Å². The van der Waals surface area contributed by atoms with Crippen LogP contribution in [-0.2, 0) is 6.42 Å². The Labute approximate surface area is 132 Å². The van der Waals surface area contributed by atoms with Gasteiger partial charge in [0.2, 0.25) is 0 Å². The van der Waals surface area contributed by atoms with Crippen LogP contribution < -0.4 is 16.4 Å². The van der Waals surface area contributed by atoms with Crippen LogP contribution in [0.1, 0.15) is 12.6 Å². The van der Waals surface area contributed by atoms with Crippen LogP contribution in [0.3, 0.4) is 0 Å². The molecule has 0 radical (unpaired) electrons. The van der Waals surface area contributed by atoms with Gasteiger partial charge in [-0.05, 0) is 18.1 Å². The lowest BCUT2D eigenvalue weighted by Crippen LogP contribution is -2.25. The Kier molecular flexibility index (Phi) is 3.04. The number of aromatic nitrogens is 4. The van der Waals surface area contributed by atoms with Gasteiger partial charge in [0, 0.05) is 5.56 Å². The van der Waals surface area contributed by atoms with Crippen molar-refractivity contribution in [3.05, 3.63) is 58.6 Å². The molecular formula is C16H14N6O. The first kappa shape index (κ1) is 13.4.